The Morgan fingerprint density at radius 3 is 0.837 bits per heavy atom. The predicted octanol–water partition coefficient (Wildman–Crippen LogP) is 6.85. The van der Waals surface area contributed by atoms with Gasteiger partial charge in [-0.1, -0.05) is 0 Å². The number of rotatable bonds is 0. The highest BCUT2D eigenvalue weighted by atomic mass is 32.1. The second kappa shape index (κ2) is 12.1. The molecule has 1 aliphatic rings. The Morgan fingerprint density at radius 2 is 0.558 bits per heavy atom. The molecule has 208 valence electrons. The Hall–Kier alpha value is -0.810. The highest BCUT2D eigenvalue weighted by molar-refractivity contribution is 7.26. The maximum absolute atomic E-state index is 3.87. The summed E-state index contributed by atoms with van der Waals surface area (Å²) in [7, 11) is 0. The highest BCUT2D eigenvalue weighted by Crippen LogP contribution is 2.44. The van der Waals surface area contributed by atoms with Gasteiger partial charge in [0.15, 0.2) is 0 Å². The maximum Gasteiger partial charge on any atom is 0.234 e. The first-order valence-corrected chi connectivity index (χ1v) is 23.5. The molecule has 1 aliphatic heterocycles. The van der Waals surface area contributed by atoms with Gasteiger partial charge in [0.2, 0.25) is 65.2 Å². The third kappa shape index (κ3) is 5.61. The molecule has 43 heavy (non-hydrogen) atoms. The molecule has 2 N–H and O–H groups in total. The van der Waals surface area contributed by atoms with Crippen molar-refractivity contribution < 1.29 is 0 Å². The molecule has 0 spiro atoms. The van der Waals surface area contributed by atoms with Crippen LogP contribution in [0.2, 0.25) is 0 Å². The lowest BCUT2D eigenvalue weighted by Crippen LogP contribution is -2.02. The number of hydrogen-bond acceptors (Lipinski definition) is 5. The quantitative estimate of drug-likeness (QED) is 0.162. The molecule has 11 heteroatoms. The Kier molecular flexibility index (Phi) is 8.32. The van der Waals surface area contributed by atoms with Gasteiger partial charge in [0.1, 0.15) is 0 Å². The molecule has 7 aromatic heterocycles. The fourth-order valence-corrected chi connectivity index (χ4v) is 15.1. The minimum atomic E-state index is 0.489. The van der Waals surface area contributed by atoms with Gasteiger partial charge in [-0.2, -0.15) is 0 Å². The van der Waals surface area contributed by atoms with Crippen molar-refractivity contribution in [3.63, 3.8) is 0 Å². The van der Waals surface area contributed by atoms with E-state index >= 15 is 0 Å². The first kappa shape index (κ1) is 29.6. The van der Waals surface area contributed by atoms with E-state index in [-0.39, 0.29) is 0 Å². The van der Waals surface area contributed by atoms with Crippen LogP contribution in [0.1, 0.15) is 61.4 Å². The Morgan fingerprint density at radius 1 is 0.326 bits per heavy atom. The second-order valence-corrected chi connectivity index (χ2v) is 21.8. The van der Waals surface area contributed by atoms with Crippen LogP contribution >= 0.6 is 56.7 Å². The summed E-state index contributed by atoms with van der Waals surface area (Å²) >= 11 is 14.2. The molecule has 2 nitrogen and oxygen atoms in total. The van der Waals surface area contributed by atoms with Crippen molar-refractivity contribution in [2.75, 3.05) is 0 Å². The molecule has 14 bridgehead atoms. The van der Waals surface area contributed by atoms with E-state index in [1.807, 2.05) is 56.7 Å². The lowest BCUT2D eigenvalue weighted by atomic mass is 10.2. The van der Waals surface area contributed by atoms with Gasteiger partial charge in [0.05, 0.1) is 0 Å². The average molecular weight is 709 g/mol. The van der Waals surface area contributed by atoms with E-state index in [2.05, 4.69) is 94.9 Å². The molecule has 8 heterocycles. The first-order chi connectivity index (χ1) is 20.9. The van der Waals surface area contributed by atoms with Gasteiger partial charge in [-0.15, -0.1) is 56.7 Å². The average Bonchev–Trinajstić information content (AvgIpc) is 3.88. The Labute approximate surface area is 303 Å². The van der Waals surface area contributed by atoms with Crippen LogP contribution in [0, 0.1) is 0 Å². The number of nitrogens with one attached hydrogen (secondary N) is 2. The molecule has 0 aromatic carbocycles. The van der Waals surface area contributed by atoms with E-state index in [1.54, 1.807) is 0 Å². The molecule has 0 amide bonds. The molecule has 7 aromatic rings. The second-order valence-electron chi connectivity index (χ2n) is 11.6. The van der Waals surface area contributed by atoms with Crippen molar-refractivity contribution >= 4 is 122 Å². The van der Waals surface area contributed by atoms with Crippen molar-refractivity contribution in [1.82, 2.24) is 9.97 Å². The van der Waals surface area contributed by atoms with E-state index in [4.69, 9.17) is 0 Å². The van der Waals surface area contributed by atoms with Gasteiger partial charge in [-0.3, -0.25) is 0 Å². The third-order valence-electron chi connectivity index (χ3n) is 8.88. The van der Waals surface area contributed by atoms with Crippen LogP contribution in [0.25, 0.3) is 29.3 Å². The summed E-state index contributed by atoms with van der Waals surface area (Å²) in [5, 5.41) is 0. The van der Waals surface area contributed by atoms with Crippen molar-refractivity contribution in [3.8, 4) is 29.3 Å². The number of H-pyrrole nitrogens is 2. The normalized spacial score (nSPS) is 20.0. The zero-order valence-corrected chi connectivity index (χ0v) is 36.5. The Balaban J connectivity index is 1.20. The van der Waals surface area contributed by atoms with Gasteiger partial charge in [-0.05, 0) is 104 Å². The van der Waals surface area contributed by atoms with Crippen LogP contribution < -0.4 is 0 Å². The van der Waals surface area contributed by atoms with Crippen LogP contribution in [0.5, 0.6) is 0 Å². The van der Waals surface area contributed by atoms with Crippen molar-refractivity contribution in [2.45, 2.75) is 19.1 Å². The molecular formula is C32H28Al4N2S5. The highest BCUT2D eigenvalue weighted by Gasteiger charge is 2.21. The number of hydrogen-bond donors (Lipinski definition) is 2. The third-order valence-corrected chi connectivity index (χ3v) is 22.3. The molecular weight excluding hydrogens is 681 g/mol. The van der Waals surface area contributed by atoms with Gasteiger partial charge < -0.3 is 9.97 Å². The van der Waals surface area contributed by atoms with Crippen LogP contribution in [0.3, 0.4) is 0 Å². The molecule has 0 saturated carbocycles. The minimum Gasteiger partial charge on any atom is -0.363 e. The molecule has 4 atom stereocenters. The monoisotopic (exact) mass is 708 g/mol. The van der Waals surface area contributed by atoms with E-state index in [9.17, 15) is 0 Å². The van der Waals surface area contributed by atoms with Gasteiger partial charge in [0.25, 0.3) is 0 Å². The largest absolute Gasteiger partial charge is 0.363 e. The van der Waals surface area contributed by atoms with Crippen molar-refractivity contribution in [3.05, 3.63) is 127 Å². The molecule has 4 unspecified atom stereocenters. The molecule has 8 rings (SSSR count). The number of thiophene rings is 5. The summed E-state index contributed by atoms with van der Waals surface area (Å²) in [6.45, 7) is 0. The summed E-state index contributed by atoms with van der Waals surface area (Å²) in [5.41, 5.74) is 5.51. The van der Waals surface area contributed by atoms with E-state index in [0.717, 1.165) is 65.2 Å². The standard InChI is InChI=1S/C32H20N2S5.4Al.8H/c1-3-21-17-25-7-11-29(37-25)31-13-14-32(39-31)30-12-8-26(38-30)18-22-4-2-20(34-22)16-24-6-10-28(36-24)27-9-5-23(35-27)15-19(1)33-21;;;;;;;;;;;;/h1-18,33-34H;;;;;;;;;;;;. The topological polar surface area (TPSA) is 31.6 Å². The van der Waals surface area contributed by atoms with E-state index < -0.39 is 0 Å². The van der Waals surface area contributed by atoms with Crippen molar-refractivity contribution in [2.24, 2.45) is 0 Å². The predicted molar refractivity (Wildman–Crippen MR) is 202 cm³/mol. The van der Waals surface area contributed by atoms with E-state index in [0.29, 0.717) is 19.1 Å². The molecule has 0 aliphatic carbocycles. The van der Waals surface area contributed by atoms with Crippen LogP contribution in [-0.4, -0.2) is 75.1 Å². The number of fused-ring (bicyclic) bond motifs is 17. The van der Waals surface area contributed by atoms with Gasteiger partial charge in [0, 0.05) is 71.5 Å². The Bertz CT molecular complexity index is 1910. The maximum atomic E-state index is 3.87. The molecule has 0 fully saturated rings. The van der Waals surface area contributed by atoms with Crippen molar-refractivity contribution in [1.29, 1.82) is 0 Å². The zero-order valence-electron chi connectivity index (χ0n) is 24.4. The van der Waals surface area contributed by atoms with Gasteiger partial charge in [-0.25, -0.2) is 0 Å². The summed E-state index contributed by atoms with van der Waals surface area (Å²) in [6.07, 6.45) is 0. The smallest absolute Gasteiger partial charge is 0.234 e. The lowest BCUT2D eigenvalue weighted by molar-refractivity contribution is 1.02. The fourth-order valence-electron chi connectivity index (χ4n) is 5.96. The number of aromatic amines is 2. The summed E-state index contributed by atoms with van der Waals surface area (Å²) in [6, 6.07) is 32.9. The lowest BCUT2D eigenvalue weighted by Gasteiger charge is -2.10. The van der Waals surface area contributed by atoms with Crippen LogP contribution in [0.15, 0.2) is 84.9 Å². The molecule has 0 saturated heterocycles. The minimum absolute atomic E-state index is 0.489. The summed E-state index contributed by atoms with van der Waals surface area (Å²) in [4.78, 5) is 22.0. The summed E-state index contributed by atoms with van der Waals surface area (Å²) < 4.78 is 1.96. The first-order valence-electron chi connectivity index (χ1n) is 14.8. The van der Waals surface area contributed by atoms with E-state index in [1.165, 1.54) is 71.5 Å². The molecule has 0 radical (unpaired) electrons. The van der Waals surface area contributed by atoms with Crippen LogP contribution in [0.4, 0.5) is 0 Å². The summed E-state index contributed by atoms with van der Waals surface area (Å²) in [5.74, 6) is 0. The van der Waals surface area contributed by atoms with Gasteiger partial charge >= 0.3 is 0 Å². The zero-order chi connectivity index (χ0) is 29.2. The van der Waals surface area contributed by atoms with Crippen LogP contribution in [-0.2, 0) is 0 Å². The fraction of sp³-hybridized carbons (Fsp3) is 0.125. The SMILES string of the molecule is [AlH2][CH]1c2ccc([nH]2)[CH]([AlH2])c2ccc(s2)-c2ccc(s2)[CH]([AlH2])c2ccc([nH]2)[CH]([AlH2])c2ccc(s2)-c2ccc(s2)-c2ccc1s2. The number of aromatic nitrogens is 2.